The van der Waals surface area contributed by atoms with Crippen LogP contribution in [0.4, 0.5) is 0 Å². The Kier molecular flexibility index (Phi) is 3.20. The molecule has 0 bridgehead atoms. The van der Waals surface area contributed by atoms with Gasteiger partial charge in [0.15, 0.2) is 0 Å². The van der Waals surface area contributed by atoms with Crippen LogP contribution in [0.15, 0.2) is 38.6 Å². The number of aromatic amines is 1. The van der Waals surface area contributed by atoms with Crippen LogP contribution in [0.5, 0.6) is 0 Å². The number of halogens is 1. The van der Waals surface area contributed by atoms with Gasteiger partial charge in [0.2, 0.25) is 0 Å². The van der Waals surface area contributed by atoms with Gasteiger partial charge < -0.3 is 0 Å². The average Bonchev–Trinajstić information content (AvgIpc) is 2.31. The molecular formula is C11H10ClN3O3. The highest BCUT2D eigenvalue weighted by Gasteiger charge is 2.09. The third kappa shape index (κ3) is 2.02. The second-order valence-electron chi connectivity index (χ2n) is 3.57. The zero-order valence-corrected chi connectivity index (χ0v) is 10.3. The first-order chi connectivity index (χ1) is 8.54. The predicted molar refractivity (Wildman–Crippen MR) is 67.6 cm³/mol. The number of nitrogens with zero attached hydrogens (tertiary/aromatic N) is 2. The van der Waals surface area contributed by atoms with E-state index in [1.807, 2.05) is 0 Å². The van der Waals surface area contributed by atoms with Crippen LogP contribution in [-0.4, -0.2) is 14.1 Å². The van der Waals surface area contributed by atoms with Crippen LogP contribution in [-0.2, 0) is 6.54 Å². The maximum atomic E-state index is 12.0. The topological polar surface area (TPSA) is 76.9 Å². The number of hydrogen-bond acceptors (Lipinski definition) is 3. The van der Waals surface area contributed by atoms with E-state index < -0.39 is 17.1 Å². The molecule has 7 heteroatoms. The van der Waals surface area contributed by atoms with E-state index >= 15 is 0 Å². The Morgan fingerprint density at radius 3 is 2.28 bits per heavy atom. The number of aromatic nitrogens is 3. The molecule has 0 saturated heterocycles. The molecule has 6 nitrogen and oxygen atoms in total. The Labute approximate surface area is 106 Å². The van der Waals surface area contributed by atoms with Gasteiger partial charge >= 0.3 is 17.1 Å². The summed E-state index contributed by atoms with van der Waals surface area (Å²) in [7, 11) is 0. The summed E-state index contributed by atoms with van der Waals surface area (Å²) in [6, 6.07) is 6.18. The lowest BCUT2D eigenvalue weighted by Gasteiger charge is -2.06. The van der Waals surface area contributed by atoms with E-state index in [1.54, 1.807) is 19.1 Å². The number of benzene rings is 1. The summed E-state index contributed by atoms with van der Waals surface area (Å²) >= 11 is 5.73. The lowest BCUT2D eigenvalue weighted by atomic mass is 10.3. The molecule has 0 unspecified atom stereocenters. The fourth-order valence-electron chi connectivity index (χ4n) is 1.61. The van der Waals surface area contributed by atoms with Crippen molar-refractivity contribution in [2.75, 3.05) is 0 Å². The van der Waals surface area contributed by atoms with Crippen LogP contribution in [0.2, 0.25) is 5.02 Å². The first-order valence-corrected chi connectivity index (χ1v) is 5.64. The highest BCUT2D eigenvalue weighted by Crippen LogP contribution is 2.10. The molecular weight excluding hydrogens is 258 g/mol. The molecule has 1 aromatic heterocycles. The fraction of sp³-hybridized carbons (Fsp3) is 0.182. The Morgan fingerprint density at radius 2 is 1.72 bits per heavy atom. The molecule has 0 amide bonds. The Morgan fingerprint density at radius 1 is 1.11 bits per heavy atom. The van der Waals surface area contributed by atoms with Crippen molar-refractivity contribution in [2.45, 2.75) is 13.5 Å². The molecule has 0 atom stereocenters. The molecule has 1 aromatic carbocycles. The van der Waals surface area contributed by atoms with Crippen molar-refractivity contribution in [1.82, 2.24) is 14.1 Å². The van der Waals surface area contributed by atoms with Crippen LogP contribution in [0.3, 0.4) is 0 Å². The van der Waals surface area contributed by atoms with Crippen LogP contribution >= 0.6 is 11.6 Å². The molecule has 94 valence electrons. The molecule has 1 N–H and O–H groups in total. The summed E-state index contributed by atoms with van der Waals surface area (Å²) in [5.41, 5.74) is -1.80. The van der Waals surface area contributed by atoms with E-state index in [4.69, 9.17) is 11.6 Å². The molecule has 0 aliphatic rings. The second kappa shape index (κ2) is 4.66. The average molecular weight is 268 g/mol. The zero-order valence-electron chi connectivity index (χ0n) is 9.51. The van der Waals surface area contributed by atoms with Gasteiger partial charge in [-0.3, -0.25) is 4.98 Å². The van der Waals surface area contributed by atoms with E-state index in [0.717, 1.165) is 9.13 Å². The van der Waals surface area contributed by atoms with Crippen molar-refractivity contribution in [3.05, 3.63) is 60.7 Å². The number of nitrogens with one attached hydrogen (secondary N) is 1. The van der Waals surface area contributed by atoms with Gasteiger partial charge in [0, 0.05) is 11.6 Å². The van der Waals surface area contributed by atoms with Gasteiger partial charge in [0.1, 0.15) is 0 Å². The van der Waals surface area contributed by atoms with Gasteiger partial charge in [-0.2, -0.15) is 0 Å². The Bertz CT molecular complexity index is 740. The lowest BCUT2D eigenvalue weighted by molar-refractivity contribution is 0.600. The lowest BCUT2D eigenvalue weighted by Crippen LogP contribution is -2.48. The number of hydrogen-bond donors (Lipinski definition) is 1. The summed E-state index contributed by atoms with van der Waals surface area (Å²) in [6.45, 7) is 1.83. The molecule has 0 aliphatic carbocycles. The summed E-state index contributed by atoms with van der Waals surface area (Å²) < 4.78 is 1.83. The third-order valence-corrected chi connectivity index (χ3v) is 2.74. The van der Waals surface area contributed by atoms with Crippen molar-refractivity contribution in [2.24, 2.45) is 0 Å². The molecule has 2 aromatic rings. The smallest absolute Gasteiger partial charge is 0.258 e. The van der Waals surface area contributed by atoms with E-state index in [1.165, 1.54) is 12.1 Å². The fourth-order valence-corrected chi connectivity index (χ4v) is 1.73. The van der Waals surface area contributed by atoms with Crippen molar-refractivity contribution in [1.29, 1.82) is 0 Å². The van der Waals surface area contributed by atoms with Crippen LogP contribution < -0.4 is 17.1 Å². The molecule has 2 rings (SSSR count). The Hall–Kier alpha value is -2.08. The summed E-state index contributed by atoms with van der Waals surface area (Å²) in [4.78, 5) is 37.2. The SMILES string of the molecule is CCn1c(=O)[nH]c(=O)n(-c2ccc(Cl)cc2)c1=O. The molecule has 0 aliphatic heterocycles. The minimum atomic E-state index is -0.767. The monoisotopic (exact) mass is 267 g/mol. The quantitative estimate of drug-likeness (QED) is 0.853. The normalized spacial score (nSPS) is 10.6. The maximum Gasteiger partial charge on any atom is 0.340 e. The molecule has 0 spiro atoms. The van der Waals surface area contributed by atoms with Crippen LogP contribution in [0.1, 0.15) is 6.92 Å². The number of rotatable bonds is 2. The van der Waals surface area contributed by atoms with Gasteiger partial charge in [-0.15, -0.1) is 0 Å². The Balaban J connectivity index is 2.80. The molecule has 0 fully saturated rings. The first-order valence-electron chi connectivity index (χ1n) is 5.26. The highest BCUT2D eigenvalue weighted by atomic mass is 35.5. The van der Waals surface area contributed by atoms with Crippen molar-refractivity contribution >= 4 is 11.6 Å². The second-order valence-corrected chi connectivity index (χ2v) is 4.01. The number of H-pyrrole nitrogens is 1. The predicted octanol–water partition coefficient (Wildman–Crippen LogP) is 0.361. The van der Waals surface area contributed by atoms with Gasteiger partial charge in [-0.25, -0.2) is 23.5 Å². The summed E-state index contributed by atoms with van der Waals surface area (Å²) in [5, 5.41) is 0.493. The maximum absolute atomic E-state index is 12.0. The molecule has 0 saturated carbocycles. The highest BCUT2D eigenvalue weighted by molar-refractivity contribution is 6.30. The van der Waals surface area contributed by atoms with Crippen molar-refractivity contribution in [3.63, 3.8) is 0 Å². The minimum absolute atomic E-state index is 0.183. The van der Waals surface area contributed by atoms with E-state index in [-0.39, 0.29) is 6.54 Å². The van der Waals surface area contributed by atoms with Crippen LogP contribution in [0, 0.1) is 0 Å². The van der Waals surface area contributed by atoms with Crippen LogP contribution in [0.25, 0.3) is 5.69 Å². The molecule has 18 heavy (non-hydrogen) atoms. The zero-order chi connectivity index (χ0) is 13.3. The van der Waals surface area contributed by atoms with E-state index in [0.29, 0.717) is 10.7 Å². The van der Waals surface area contributed by atoms with Gasteiger partial charge in [-0.1, -0.05) is 11.6 Å². The summed E-state index contributed by atoms with van der Waals surface area (Å²) in [5.74, 6) is 0. The van der Waals surface area contributed by atoms with E-state index in [9.17, 15) is 14.4 Å². The largest absolute Gasteiger partial charge is 0.340 e. The third-order valence-electron chi connectivity index (χ3n) is 2.49. The van der Waals surface area contributed by atoms with Crippen molar-refractivity contribution in [3.8, 4) is 5.69 Å². The van der Waals surface area contributed by atoms with Gasteiger partial charge in [0.05, 0.1) is 5.69 Å². The van der Waals surface area contributed by atoms with Gasteiger partial charge in [-0.05, 0) is 31.2 Å². The summed E-state index contributed by atoms with van der Waals surface area (Å²) in [6.07, 6.45) is 0. The first kappa shape index (κ1) is 12.4. The minimum Gasteiger partial charge on any atom is -0.258 e. The van der Waals surface area contributed by atoms with Crippen molar-refractivity contribution < 1.29 is 0 Å². The van der Waals surface area contributed by atoms with Gasteiger partial charge in [0.25, 0.3) is 0 Å². The standard InChI is InChI=1S/C11H10ClN3O3/c1-2-14-9(16)13-10(17)15(11(14)18)8-5-3-7(12)4-6-8/h3-6H,2H2,1H3,(H,13,16,17). The molecule has 1 heterocycles. The molecule has 0 radical (unpaired) electrons. The van der Waals surface area contributed by atoms with E-state index in [2.05, 4.69) is 4.98 Å².